The molecule has 2 N–H and O–H groups in total. The lowest BCUT2D eigenvalue weighted by molar-refractivity contribution is 0.119. The van der Waals surface area contributed by atoms with Crippen molar-refractivity contribution < 1.29 is 9.47 Å². The molecule has 3 aromatic rings. The van der Waals surface area contributed by atoms with Gasteiger partial charge in [-0.2, -0.15) is 0 Å². The monoisotopic (exact) mass is 550 g/mol. The van der Waals surface area contributed by atoms with Crippen molar-refractivity contribution in [2.45, 2.75) is 31.4 Å². The van der Waals surface area contributed by atoms with E-state index in [1.807, 2.05) is 29.1 Å². The number of hydrogen-bond donors (Lipinski definition) is 1. The zero-order valence-corrected chi connectivity index (χ0v) is 23.2. The van der Waals surface area contributed by atoms with Crippen molar-refractivity contribution in [3.63, 3.8) is 0 Å². The third-order valence-electron chi connectivity index (χ3n) is 7.89. The Kier molecular flexibility index (Phi) is 7.33. The highest BCUT2D eigenvalue weighted by Gasteiger charge is 2.26. The Morgan fingerprint density at radius 2 is 1.74 bits per heavy atom. The summed E-state index contributed by atoms with van der Waals surface area (Å²) in [5, 5.41) is 0.652. The van der Waals surface area contributed by atoms with Crippen LogP contribution in [-0.4, -0.2) is 85.0 Å². The van der Waals surface area contributed by atoms with E-state index in [0.29, 0.717) is 11.5 Å². The number of methoxy groups -OCH3 is 2. The third kappa shape index (κ3) is 5.28. The van der Waals surface area contributed by atoms with Gasteiger partial charge in [0.15, 0.2) is 0 Å². The number of halogens is 1. The minimum absolute atomic E-state index is 0.189. The van der Waals surface area contributed by atoms with Crippen molar-refractivity contribution in [3.05, 3.63) is 59.5 Å². The van der Waals surface area contributed by atoms with Gasteiger partial charge in [-0.05, 0) is 25.0 Å². The lowest BCUT2D eigenvalue weighted by Crippen LogP contribution is -2.46. The molecule has 0 amide bonds. The molecule has 11 heteroatoms. The van der Waals surface area contributed by atoms with E-state index in [4.69, 9.17) is 31.8 Å². The SMILES string of the molecule is COC1=C(c2cn3ccc(N4CCN(c5cnc(N6CCCC(N)C6)nc5)CC4)cc3n2)C=C(Cl)C(OC)C1. The van der Waals surface area contributed by atoms with Gasteiger partial charge in [0, 0.05) is 93.6 Å². The van der Waals surface area contributed by atoms with Crippen molar-refractivity contribution in [3.8, 4) is 0 Å². The summed E-state index contributed by atoms with van der Waals surface area (Å²) in [6.07, 6.45) is 12.4. The van der Waals surface area contributed by atoms with Crippen molar-refractivity contribution in [1.82, 2.24) is 19.4 Å². The van der Waals surface area contributed by atoms with Crippen LogP contribution in [0.3, 0.4) is 0 Å². The number of fused-ring (bicyclic) bond motifs is 1. The van der Waals surface area contributed by atoms with Crippen LogP contribution in [0.5, 0.6) is 0 Å². The molecule has 3 aromatic heterocycles. The fraction of sp³-hybridized carbons (Fsp3) is 0.464. The number of nitrogens with two attached hydrogens (primary N) is 1. The Morgan fingerprint density at radius 3 is 2.44 bits per heavy atom. The lowest BCUT2D eigenvalue weighted by atomic mass is 10.0. The standard InChI is InChI=1S/C28H35ClN8O2/c1-38-25-14-26(39-2)23(29)13-22(25)24-18-36-7-5-20(12-27(36)33-24)34-8-10-35(11-9-34)21-15-31-28(32-16-21)37-6-3-4-19(30)17-37/h5,7,12-13,15-16,18-19,26H,3-4,6,8-11,14,17,30H2,1-2H3. The molecule has 0 radical (unpaired) electrons. The summed E-state index contributed by atoms with van der Waals surface area (Å²) >= 11 is 6.47. The molecule has 10 nitrogen and oxygen atoms in total. The Hall–Kier alpha value is -3.34. The van der Waals surface area contributed by atoms with Gasteiger partial charge < -0.3 is 34.3 Å². The predicted octanol–water partition coefficient (Wildman–Crippen LogP) is 3.28. The second kappa shape index (κ2) is 11.0. The Balaban J connectivity index is 1.13. The van der Waals surface area contributed by atoms with Crippen LogP contribution in [0.25, 0.3) is 11.2 Å². The summed E-state index contributed by atoms with van der Waals surface area (Å²) < 4.78 is 13.2. The normalized spacial score (nSPS) is 22.5. The molecular weight excluding hydrogens is 516 g/mol. The Morgan fingerprint density at radius 1 is 1.00 bits per heavy atom. The molecule has 206 valence electrons. The van der Waals surface area contributed by atoms with Crippen LogP contribution in [0.1, 0.15) is 25.0 Å². The minimum Gasteiger partial charge on any atom is -0.500 e. The van der Waals surface area contributed by atoms with Gasteiger partial charge in [-0.1, -0.05) is 11.6 Å². The zero-order valence-electron chi connectivity index (χ0n) is 22.5. The van der Waals surface area contributed by atoms with Crippen LogP contribution in [-0.2, 0) is 9.47 Å². The van der Waals surface area contributed by atoms with Gasteiger partial charge in [0.05, 0.1) is 37.0 Å². The molecule has 2 aliphatic heterocycles. The largest absolute Gasteiger partial charge is 0.500 e. The van der Waals surface area contributed by atoms with E-state index in [2.05, 4.69) is 43.0 Å². The van der Waals surface area contributed by atoms with Crippen molar-refractivity contribution >= 4 is 40.1 Å². The molecule has 1 aliphatic carbocycles. The van der Waals surface area contributed by atoms with E-state index in [0.717, 1.165) is 92.1 Å². The summed E-state index contributed by atoms with van der Waals surface area (Å²) in [6.45, 7) is 5.40. The molecular formula is C28H35ClN8O2. The van der Waals surface area contributed by atoms with Crippen molar-refractivity contribution in [1.29, 1.82) is 0 Å². The molecule has 2 saturated heterocycles. The number of rotatable bonds is 6. The summed E-state index contributed by atoms with van der Waals surface area (Å²) in [6, 6.07) is 4.49. The maximum atomic E-state index is 6.47. The smallest absolute Gasteiger partial charge is 0.225 e. The highest BCUT2D eigenvalue weighted by molar-refractivity contribution is 6.31. The molecule has 0 spiro atoms. The molecule has 0 aromatic carbocycles. The van der Waals surface area contributed by atoms with Crippen LogP contribution in [0.4, 0.5) is 17.3 Å². The van der Waals surface area contributed by atoms with Crippen LogP contribution >= 0.6 is 11.6 Å². The first-order valence-corrected chi connectivity index (χ1v) is 13.9. The van der Waals surface area contributed by atoms with E-state index >= 15 is 0 Å². The van der Waals surface area contributed by atoms with Gasteiger partial charge in [-0.15, -0.1) is 0 Å². The van der Waals surface area contributed by atoms with Crippen LogP contribution in [0.15, 0.2) is 53.8 Å². The second-order valence-corrected chi connectivity index (χ2v) is 10.8. The first-order valence-electron chi connectivity index (χ1n) is 13.5. The van der Waals surface area contributed by atoms with E-state index in [-0.39, 0.29) is 12.1 Å². The summed E-state index contributed by atoms with van der Waals surface area (Å²) in [7, 11) is 3.33. The number of hydrogen-bond acceptors (Lipinski definition) is 9. The minimum atomic E-state index is -0.189. The Bertz CT molecular complexity index is 1380. The molecule has 0 saturated carbocycles. The molecule has 0 bridgehead atoms. The maximum absolute atomic E-state index is 6.47. The number of nitrogens with zero attached hydrogens (tertiary/aromatic N) is 7. The molecule has 5 heterocycles. The molecule has 2 fully saturated rings. The van der Waals surface area contributed by atoms with Gasteiger partial charge in [-0.3, -0.25) is 0 Å². The van der Waals surface area contributed by atoms with Crippen LogP contribution in [0.2, 0.25) is 0 Å². The van der Waals surface area contributed by atoms with Crippen molar-refractivity contribution in [2.75, 3.05) is 68.2 Å². The highest BCUT2D eigenvalue weighted by atomic mass is 35.5. The third-order valence-corrected chi connectivity index (χ3v) is 8.24. The summed E-state index contributed by atoms with van der Waals surface area (Å²) in [5.41, 5.74) is 11.0. The summed E-state index contributed by atoms with van der Waals surface area (Å²) in [4.78, 5) is 21.1. The molecule has 3 aliphatic rings. The molecule has 6 rings (SSSR count). The Labute approximate surface area is 233 Å². The summed E-state index contributed by atoms with van der Waals surface area (Å²) in [5.74, 6) is 1.60. The number of allylic oxidation sites excluding steroid dienone is 2. The fourth-order valence-electron chi connectivity index (χ4n) is 5.65. The van der Waals surface area contributed by atoms with E-state index in [9.17, 15) is 0 Å². The number of anilines is 3. The average Bonchev–Trinajstić information content (AvgIpc) is 3.41. The van der Waals surface area contributed by atoms with Gasteiger partial charge in [0.2, 0.25) is 5.95 Å². The van der Waals surface area contributed by atoms with Crippen LogP contribution < -0.4 is 20.4 Å². The number of piperidine rings is 1. The first-order chi connectivity index (χ1) is 19.0. The average molecular weight is 551 g/mol. The van der Waals surface area contributed by atoms with Gasteiger partial charge in [0.1, 0.15) is 11.4 Å². The number of piperazine rings is 1. The second-order valence-electron chi connectivity index (χ2n) is 10.3. The quantitative estimate of drug-likeness (QED) is 0.496. The number of pyridine rings is 1. The van der Waals surface area contributed by atoms with E-state index < -0.39 is 0 Å². The highest BCUT2D eigenvalue weighted by Crippen LogP contribution is 2.34. The topological polar surface area (TPSA) is 97.3 Å². The van der Waals surface area contributed by atoms with Gasteiger partial charge in [-0.25, -0.2) is 15.0 Å². The van der Waals surface area contributed by atoms with Crippen LogP contribution in [0, 0.1) is 0 Å². The zero-order chi connectivity index (χ0) is 26.9. The first kappa shape index (κ1) is 25.9. The van der Waals surface area contributed by atoms with Gasteiger partial charge in [0.25, 0.3) is 0 Å². The number of aromatic nitrogens is 4. The van der Waals surface area contributed by atoms with E-state index in [1.54, 1.807) is 14.2 Å². The molecule has 39 heavy (non-hydrogen) atoms. The number of ether oxygens (including phenoxy) is 2. The van der Waals surface area contributed by atoms with Gasteiger partial charge >= 0.3 is 0 Å². The maximum Gasteiger partial charge on any atom is 0.225 e. The molecule has 2 atom stereocenters. The predicted molar refractivity (Wildman–Crippen MR) is 154 cm³/mol. The number of imidazole rings is 1. The molecule has 2 unspecified atom stereocenters. The fourth-order valence-corrected chi connectivity index (χ4v) is 5.92. The van der Waals surface area contributed by atoms with Crippen molar-refractivity contribution in [2.24, 2.45) is 5.73 Å². The lowest BCUT2D eigenvalue weighted by Gasteiger charge is -2.37. The van der Waals surface area contributed by atoms with E-state index in [1.165, 1.54) is 0 Å².